The van der Waals surface area contributed by atoms with Gasteiger partial charge in [-0.25, -0.2) is 4.98 Å². The molecule has 94 valence electrons. The summed E-state index contributed by atoms with van der Waals surface area (Å²) in [6, 6.07) is 2.60. The van der Waals surface area contributed by atoms with Crippen molar-refractivity contribution < 1.29 is 20.1 Å². The van der Waals surface area contributed by atoms with Crippen LogP contribution in [-0.4, -0.2) is 38.9 Å². The molecule has 2 atom stereocenters. The van der Waals surface area contributed by atoms with E-state index >= 15 is 0 Å². The number of aliphatic hydroxyl groups excluding tert-OH is 2. The highest BCUT2D eigenvalue weighted by Crippen LogP contribution is 2.23. The van der Waals surface area contributed by atoms with E-state index in [9.17, 15) is 15.0 Å². The van der Waals surface area contributed by atoms with E-state index < -0.39 is 12.2 Å². The van der Waals surface area contributed by atoms with Crippen LogP contribution in [0.3, 0.4) is 0 Å². The number of carbonyl (C=O) groups excluding carboxylic acids is 1. The normalized spacial score (nSPS) is 14.1. The standard InChI is InChI=1S/C10H13ClN2O4/c1-5(14)12-4-8(16)9(17)6-2-3-7(15)10(11)13-6/h2-3,8-9,15-17H,4H2,1H3,(H,12,14). The minimum absolute atomic E-state index is 0.101. The number of nitrogens with zero attached hydrogens (tertiary/aromatic N) is 1. The summed E-state index contributed by atoms with van der Waals surface area (Å²) >= 11 is 5.57. The fourth-order valence-corrected chi connectivity index (χ4v) is 1.32. The molecule has 1 aromatic heterocycles. The Kier molecular flexibility index (Phi) is 4.68. The number of hydrogen-bond acceptors (Lipinski definition) is 5. The number of aromatic nitrogens is 1. The number of aromatic hydroxyl groups is 1. The Bertz CT molecular complexity index is 413. The van der Waals surface area contributed by atoms with Gasteiger partial charge in [0.2, 0.25) is 5.91 Å². The zero-order valence-corrected chi connectivity index (χ0v) is 9.85. The van der Waals surface area contributed by atoms with Crippen LogP contribution in [0.4, 0.5) is 0 Å². The quantitative estimate of drug-likeness (QED) is 0.570. The molecular formula is C10H13ClN2O4. The van der Waals surface area contributed by atoms with Crippen LogP contribution >= 0.6 is 11.6 Å². The van der Waals surface area contributed by atoms with Crippen molar-refractivity contribution in [1.82, 2.24) is 10.3 Å². The maximum Gasteiger partial charge on any atom is 0.216 e. The van der Waals surface area contributed by atoms with Crippen molar-refractivity contribution in [3.8, 4) is 5.75 Å². The van der Waals surface area contributed by atoms with Crippen LogP contribution < -0.4 is 5.32 Å². The van der Waals surface area contributed by atoms with E-state index in [1.807, 2.05) is 0 Å². The predicted molar refractivity (Wildman–Crippen MR) is 60.6 cm³/mol. The van der Waals surface area contributed by atoms with Gasteiger partial charge >= 0.3 is 0 Å². The molecule has 0 spiro atoms. The Morgan fingerprint density at radius 1 is 1.53 bits per heavy atom. The second-order valence-corrected chi connectivity index (χ2v) is 3.85. The first-order valence-electron chi connectivity index (χ1n) is 4.87. The molecule has 6 nitrogen and oxygen atoms in total. The second-order valence-electron chi connectivity index (χ2n) is 3.50. The molecule has 0 aromatic carbocycles. The number of amides is 1. The third-order valence-corrected chi connectivity index (χ3v) is 2.36. The lowest BCUT2D eigenvalue weighted by molar-refractivity contribution is -0.119. The smallest absolute Gasteiger partial charge is 0.216 e. The number of halogens is 1. The topological polar surface area (TPSA) is 103 Å². The molecule has 0 saturated carbocycles. The highest BCUT2D eigenvalue weighted by atomic mass is 35.5. The zero-order valence-electron chi connectivity index (χ0n) is 9.09. The maximum atomic E-state index is 10.6. The first kappa shape index (κ1) is 13.7. The van der Waals surface area contributed by atoms with Crippen LogP contribution in [0.5, 0.6) is 5.75 Å². The fourth-order valence-electron chi connectivity index (χ4n) is 1.16. The Hall–Kier alpha value is -1.37. The molecule has 0 fully saturated rings. The Morgan fingerprint density at radius 3 is 2.71 bits per heavy atom. The van der Waals surface area contributed by atoms with E-state index in [0.717, 1.165) is 0 Å². The van der Waals surface area contributed by atoms with E-state index in [1.54, 1.807) is 0 Å². The first-order valence-corrected chi connectivity index (χ1v) is 5.25. The molecule has 0 aliphatic carbocycles. The van der Waals surface area contributed by atoms with E-state index in [4.69, 9.17) is 16.7 Å². The SMILES string of the molecule is CC(=O)NCC(O)C(O)c1ccc(O)c(Cl)n1. The van der Waals surface area contributed by atoms with Gasteiger partial charge in [0.25, 0.3) is 0 Å². The van der Waals surface area contributed by atoms with Crippen molar-refractivity contribution in [2.45, 2.75) is 19.1 Å². The molecule has 1 rings (SSSR count). The molecule has 0 aliphatic rings. The number of hydrogen-bond donors (Lipinski definition) is 4. The van der Waals surface area contributed by atoms with Crippen LogP contribution in [0, 0.1) is 0 Å². The van der Waals surface area contributed by atoms with Gasteiger partial charge in [-0.1, -0.05) is 11.6 Å². The van der Waals surface area contributed by atoms with E-state index in [-0.39, 0.29) is 29.0 Å². The molecule has 0 saturated heterocycles. The molecule has 0 aliphatic heterocycles. The summed E-state index contributed by atoms with van der Waals surface area (Å²) in [4.78, 5) is 14.3. The van der Waals surface area contributed by atoms with Crippen molar-refractivity contribution in [3.63, 3.8) is 0 Å². The van der Waals surface area contributed by atoms with Crippen LogP contribution in [-0.2, 0) is 4.79 Å². The zero-order chi connectivity index (χ0) is 13.0. The van der Waals surface area contributed by atoms with Crippen LogP contribution in [0.1, 0.15) is 18.7 Å². The third-order valence-electron chi connectivity index (χ3n) is 2.08. The average Bonchev–Trinajstić information content (AvgIpc) is 2.28. The minimum atomic E-state index is -1.29. The molecule has 1 heterocycles. The van der Waals surface area contributed by atoms with E-state index in [2.05, 4.69) is 10.3 Å². The van der Waals surface area contributed by atoms with Gasteiger partial charge in [0.1, 0.15) is 12.2 Å². The summed E-state index contributed by atoms with van der Waals surface area (Å²) in [6.45, 7) is 1.20. The highest BCUT2D eigenvalue weighted by molar-refractivity contribution is 6.30. The van der Waals surface area contributed by atoms with Crippen LogP contribution in [0.25, 0.3) is 0 Å². The molecule has 17 heavy (non-hydrogen) atoms. The van der Waals surface area contributed by atoms with Gasteiger partial charge in [-0.05, 0) is 12.1 Å². The van der Waals surface area contributed by atoms with E-state index in [0.29, 0.717) is 0 Å². The van der Waals surface area contributed by atoms with Gasteiger partial charge in [0.05, 0.1) is 5.69 Å². The Labute approximate surface area is 103 Å². The summed E-state index contributed by atoms with van der Waals surface area (Å²) < 4.78 is 0. The summed E-state index contributed by atoms with van der Waals surface area (Å²) in [5.41, 5.74) is 0.116. The van der Waals surface area contributed by atoms with Gasteiger partial charge in [-0.3, -0.25) is 4.79 Å². The summed E-state index contributed by atoms with van der Waals surface area (Å²) in [7, 11) is 0. The Morgan fingerprint density at radius 2 is 2.18 bits per heavy atom. The number of pyridine rings is 1. The lowest BCUT2D eigenvalue weighted by Crippen LogP contribution is -2.34. The summed E-state index contributed by atoms with van der Waals surface area (Å²) in [5, 5.41) is 30.6. The highest BCUT2D eigenvalue weighted by Gasteiger charge is 2.20. The monoisotopic (exact) mass is 260 g/mol. The van der Waals surface area contributed by atoms with Crippen molar-refractivity contribution in [1.29, 1.82) is 0 Å². The maximum absolute atomic E-state index is 10.6. The minimum Gasteiger partial charge on any atom is -0.505 e. The van der Waals surface area contributed by atoms with Gasteiger partial charge in [0.15, 0.2) is 10.9 Å². The molecule has 4 N–H and O–H groups in total. The van der Waals surface area contributed by atoms with Gasteiger partial charge in [-0.2, -0.15) is 0 Å². The number of aliphatic hydroxyl groups is 2. The van der Waals surface area contributed by atoms with Crippen molar-refractivity contribution >= 4 is 17.5 Å². The summed E-state index contributed by atoms with van der Waals surface area (Å²) in [6.07, 6.45) is -2.49. The summed E-state index contributed by atoms with van der Waals surface area (Å²) in [5.74, 6) is -0.521. The molecule has 7 heteroatoms. The third kappa shape index (κ3) is 3.85. The lowest BCUT2D eigenvalue weighted by Gasteiger charge is -2.17. The van der Waals surface area contributed by atoms with Gasteiger partial charge in [-0.15, -0.1) is 0 Å². The molecule has 0 bridgehead atoms. The molecule has 0 radical (unpaired) electrons. The van der Waals surface area contributed by atoms with E-state index in [1.165, 1.54) is 19.1 Å². The van der Waals surface area contributed by atoms with Crippen molar-refractivity contribution in [2.24, 2.45) is 0 Å². The number of carbonyl (C=O) groups is 1. The second kappa shape index (κ2) is 5.81. The van der Waals surface area contributed by atoms with Crippen LogP contribution in [0.15, 0.2) is 12.1 Å². The lowest BCUT2D eigenvalue weighted by atomic mass is 10.1. The van der Waals surface area contributed by atoms with Gasteiger partial charge in [0, 0.05) is 13.5 Å². The molecule has 1 amide bonds. The van der Waals surface area contributed by atoms with Crippen molar-refractivity contribution in [2.75, 3.05) is 6.54 Å². The predicted octanol–water partition coefficient (Wildman–Crippen LogP) is -0.0290. The largest absolute Gasteiger partial charge is 0.505 e. The van der Waals surface area contributed by atoms with Crippen LogP contribution in [0.2, 0.25) is 5.15 Å². The number of nitrogens with one attached hydrogen (secondary N) is 1. The van der Waals surface area contributed by atoms with Gasteiger partial charge < -0.3 is 20.6 Å². The number of rotatable bonds is 4. The molecule has 1 aromatic rings. The van der Waals surface area contributed by atoms with Crippen molar-refractivity contribution in [3.05, 3.63) is 23.0 Å². The fraction of sp³-hybridized carbons (Fsp3) is 0.400. The Balaban J connectivity index is 2.70. The molecule has 2 unspecified atom stereocenters. The first-order chi connectivity index (χ1) is 7.91. The average molecular weight is 261 g/mol. The molecular weight excluding hydrogens is 248 g/mol.